The molecule has 1 aliphatic carbocycles. The van der Waals surface area contributed by atoms with Crippen LogP contribution in [0.3, 0.4) is 0 Å². The van der Waals surface area contributed by atoms with Crippen molar-refractivity contribution in [3.05, 3.63) is 53.5 Å². The van der Waals surface area contributed by atoms with Crippen LogP contribution in [0.15, 0.2) is 42.7 Å². The van der Waals surface area contributed by atoms with E-state index in [0.29, 0.717) is 23.3 Å². The van der Waals surface area contributed by atoms with Crippen molar-refractivity contribution < 1.29 is 18.1 Å². The molecule has 11 heteroatoms. The number of nitrogen functional groups attached to an aromatic ring is 1. The first-order chi connectivity index (χ1) is 14.0. The number of benzene rings is 1. The molecule has 2 N–H and O–H groups in total. The summed E-state index contributed by atoms with van der Waals surface area (Å²) in [5, 5.41) is 0.220. The highest BCUT2D eigenvalue weighted by atomic mass is 35.5. The average Bonchev–Trinajstić information content (AvgIpc) is 3.33. The predicted octanol–water partition coefficient (Wildman–Crippen LogP) is 3.91. The summed E-state index contributed by atoms with van der Waals surface area (Å²) in [6.07, 6.45) is 6.40. The van der Waals surface area contributed by atoms with Crippen LogP contribution in [0.5, 0.6) is 5.75 Å². The van der Waals surface area contributed by atoms with Crippen LogP contribution in [0.2, 0.25) is 5.15 Å². The van der Waals surface area contributed by atoms with Crippen LogP contribution in [-0.2, 0) is 20.2 Å². The highest BCUT2D eigenvalue weighted by Gasteiger charge is 2.35. The van der Waals surface area contributed by atoms with E-state index in [1.807, 2.05) is 34.9 Å². The maximum Gasteiger partial charge on any atom is 0.530 e. The summed E-state index contributed by atoms with van der Waals surface area (Å²) >= 11 is 6.09. The Morgan fingerprint density at radius 1 is 1.31 bits per heavy atom. The molecule has 9 nitrogen and oxygen atoms in total. The molecular formula is C18H17ClN5O4P. The number of hydrogen-bond acceptors (Lipinski definition) is 8. The Hall–Kier alpha value is -2.45. The third kappa shape index (κ3) is 3.51. The van der Waals surface area contributed by atoms with E-state index in [4.69, 9.17) is 30.9 Å². The minimum absolute atomic E-state index is 0.00572. The molecule has 150 valence electrons. The molecule has 0 amide bonds. The van der Waals surface area contributed by atoms with Crippen molar-refractivity contribution in [2.24, 2.45) is 5.92 Å². The zero-order valence-corrected chi connectivity index (χ0v) is 16.8. The van der Waals surface area contributed by atoms with E-state index < -0.39 is 7.82 Å². The van der Waals surface area contributed by atoms with Gasteiger partial charge in [0.25, 0.3) is 0 Å². The Bertz CT molecular complexity index is 1170. The van der Waals surface area contributed by atoms with Gasteiger partial charge < -0.3 is 14.8 Å². The Morgan fingerprint density at radius 2 is 2.17 bits per heavy atom. The van der Waals surface area contributed by atoms with Crippen molar-refractivity contribution in [2.75, 3.05) is 12.3 Å². The largest absolute Gasteiger partial charge is 0.530 e. The zero-order chi connectivity index (χ0) is 20.0. The van der Waals surface area contributed by atoms with Gasteiger partial charge in [-0.15, -0.1) is 0 Å². The quantitative estimate of drug-likeness (QED) is 0.374. The summed E-state index contributed by atoms with van der Waals surface area (Å²) in [4.78, 5) is 12.5. The van der Waals surface area contributed by atoms with Crippen LogP contribution in [0.4, 0.5) is 5.95 Å². The van der Waals surface area contributed by atoms with Crippen LogP contribution < -0.4 is 10.3 Å². The topological polar surface area (TPSA) is 114 Å². The number of anilines is 1. The van der Waals surface area contributed by atoms with Gasteiger partial charge in [0.15, 0.2) is 10.8 Å². The van der Waals surface area contributed by atoms with E-state index in [1.54, 1.807) is 12.4 Å². The minimum atomic E-state index is -3.64. The molecule has 1 aromatic carbocycles. The number of halogens is 1. The summed E-state index contributed by atoms with van der Waals surface area (Å²) in [6.45, 7) is 0.399. The Labute approximate surface area is 171 Å². The van der Waals surface area contributed by atoms with Crippen LogP contribution in [-0.4, -0.2) is 26.1 Å². The third-order valence-corrected chi connectivity index (χ3v) is 6.51. The summed E-state index contributed by atoms with van der Waals surface area (Å²) < 4.78 is 31.1. The molecule has 0 fully saturated rings. The van der Waals surface area contributed by atoms with E-state index in [0.717, 1.165) is 5.56 Å². The molecule has 0 bridgehead atoms. The Morgan fingerprint density at radius 3 is 3.07 bits per heavy atom. The number of nitrogens with zero attached hydrogens (tertiary/aromatic N) is 4. The van der Waals surface area contributed by atoms with Gasteiger partial charge in [0, 0.05) is 11.5 Å². The number of aromatic nitrogens is 4. The van der Waals surface area contributed by atoms with E-state index >= 15 is 0 Å². The number of hydrogen-bond donors (Lipinski definition) is 1. The van der Waals surface area contributed by atoms with Gasteiger partial charge in [0.1, 0.15) is 11.3 Å². The summed E-state index contributed by atoms with van der Waals surface area (Å²) in [5.41, 5.74) is 7.63. The maximum atomic E-state index is 12.8. The summed E-state index contributed by atoms with van der Waals surface area (Å²) in [5.74, 6) is 0.652. The number of allylic oxidation sites excluding steroid dienone is 1. The zero-order valence-electron chi connectivity index (χ0n) is 15.1. The highest BCUT2D eigenvalue weighted by Crippen LogP contribution is 2.54. The number of phosphoric ester groups is 1. The normalized spacial score (nSPS) is 25.8. The Balaban J connectivity index is 1.26. The molecule has 1 aliphatic heterocycles. The van der Waals surface area contributed by atoms with E-state index in [-0.39, 0.29) is 36.3 Å². The first kappa shape index (κ1) is 18.6. The van der Waals surface area contributed by atoms with Gasteiger partial charge in [-0.1, -0.05) is 42.0 Å². The molecule has 3 heterocycles. The third-order valence-electron chi connectivity index (χ3n) is 4.91. The second-order valence-corrected chi connectivity index (χ2v) is 8.81. The standard InChI is InChI=1S/C18H17ClN5O4P/c19-16-15-17(23-18(20)22-16)24(10-21-15)13-6-5-11(7-13)8-26-29(25)27-9-12-3-1-2-4-14(12)28-29/h1-6,10-11,13H,7-9H2,(H2,20,22,23)/t11-,13+,29?/m1/s1. The van der Waals surface area contributed by atoms with E-state index in [1.165, 1.54) is 0 Å². The smallest absolute Gasteiger partial charge is 0.404 e. The predicted molar refractivity (Wildman–Crippen MR) is 106 cm³/mol. The van der Waals surface area contributed by atoms with E-state index in [9.17, 15) is 4.57 Å². The number of para-hydroxylation sites is 1. The molecular weight excluding hydrogens is 417 g/mol. The van der Waals surface area contributed by atoms with Crippen LogP contribution in [0, 0.1) is 5.92 Å². The van der Waals surface area contributed by atoms with Crippen molar-refractivity contribution in [1.82, 2.24) is 19.5 Å². The number of rotatable bonds is 4. The minimum Gasteiger partial charge on any atom is -0.404 e. The molecule has 0 spiro atoms. The molecule has 0 saturated carbocycles. The first-order valence-electron chi connectivity index (χ1n) is 9.01. The molecule has 3 aromatic rings. The lowest BCUT2D eigenvalue weighted by atomic mass is 10.1. The van der Waals surface area contributed by atoms with Crippen LogP contribution in [0.1, 0.15) is 18.0 Å². The molecule has 2 aromatic heterocycles. The number of imidazole rings is 1. The van der Waals surface area contributed by atoms with Gasteiger partial charge in [-0.2, -0.15) is 9.97 Å². The lowest BCUT2D eigenvalue weighted by Gasteiger charge is -2.25. The van der Waals surface area contributed by atoms with Crippen molar-refractivity contribution in [1.29, 1.82) is 0 Å². The average molecular weight is 434 g/mol. The summed E-state index contributed by atoms with van der Waals surface area (Å²) in [7, 11) is -3.64. The molecule has 5 rings (SSSR count). The lowest BCUT2D eigenvalue weighted by Crippen LogP contribution is -2.14. The van der Waals surface area contributed by atoms with Gasteiger partial charge >= 0.3 is 7.82 Å². The first-order valence-corrected chi connectivity index (χ1v) is 10.8. The molecule has 3 atom stereocenters. The number of phosphoric acid groups is 1. The molecule has 0 saturated heterocycles. The second-order valence-electron chi connectivity index (χ2n) is 6.86. The molecule has 2 aliphatic rings. The molecule has 29 heavy (non-hydrogen) atoms. The molecule has 0 radical (unpaired) electrons. The lowest BCUT2D eigenvalue weighted by molar-refractivity contribution is 0.124. The fraction of sp³-hybridized carbons (Fsp3) is 0.278. The van der Waals surface area contributed by atoms with Crippen molar-refractivity contribution in [2.45, 2.75) is 19.1 Å². The van der Waals surface area contributed by atoms with Gasteiger partial charge in [-0.05, 0) is 12.5 Å². The highest BCUT2D eigenvalue weighted by molar-refractivity contribution is 7.49. The second kappa shape index (κ2) is 7.11. The van der Waals surface area contributed by atoms with Crippen LogP contribution >= 0.6 is 19.4 Å². The fourth-order valence-electron chi connectivity index (χ4n) is 3.48. The van der Waals surface area contributed by atoms with Gasteiger partial charge in [0.05, 0.1) is 25.6 Å². The molecule has 1 unspecified atom stereocenters. The van der Waals surface area contributed by atoms with E-state index in [2.05, 4.69) is 15.0 Å². The maximum absolute atomic E-state index is 12.8. The van der Waals surface area contributed by atoms with Gasteiger partial charge in [0.2, 0.25) is 5.95 Å². The van der Waals surface area contributed by atoms with Crippen molar-refractivity contribution >= 4 is 36.5 Å². The van der Waals surface area contributed by atoms with Crippen LogP contribution in [0.25, 0.3) is 11.2 Å². The van der Waals surface area contributed by atoms with Gasteiger partial charge in [-0.3, -0.25) is 9.05 Å². The number of fused-ring (bicyclic) bond motifs is 2. The monoisotopic (exact) mass is 433 g/mol. The number of nitrogens with two attached hydrogens (primary N) is 1. The van der Waals surface area contributed by atoms with Gasteiger partial charge in [-0.25, -0.2) is 9.55 Å². The SMILES string of the molecule is Nc1nc(Cl)c2ncn([C@H]3C=C[C@@H](COP4(=O)OCc5ccccc5O4)C3)c2n1. The fourth-order valence-corrected chi connectivity index (χ4v) is 4.97. The van der Waals surface area contributed by atoms with Crippen molar-refractivity contribution in [3.63, 3.8) is 0 Å². The Kier molecular flexibility index (Phi) is 4.55. The van der Waals surface area contributed by atoms with Crippen molar-refractivity contribution in [3.8, 4) is 5.75 Å². The summed E-state index contributed by atoms with van der Waals surface area (Å²) in [6, 6.07) is 7.30.